The molecule has 4 heteroatoms. The van der Waals surface area contributed by atoms with E-state index in [4.69, 9.17) is 0 Å². The average Bonchev–Trinajstić information content (AvgIpc) is 2.40. The molecule has 0 saturated heterocycles. The standard InChI is InChI=1S/C16H19N3O/c1-16(2,3)19-14-10-9-13(11-17-14)18-15(20)12-7-5-4-6-8-12/h4-11H,1-3H3,(H,17,19)(H,18,20). The number of benzene rings is 1. The quantitative estimate of drug-likeness (QED) is 0.896. The summed E-state index contributed by atoms with van der Waals surface area (Å²) in [5.41, 5.74) is 1.27. The Kier molecular flexibility index (Phi) is 4.03. The molecule has 0 radical (unpaired) electrons. The van der Waals surface area contributed by atoms with Gasteiger partial charge < -0.3 is 10.6 Å². The van der Waals surface area contributed by atoms with E-state index in [9.17, 15) is 4.79 Å². The molecule has 2 aromatic rings. The fraction of sp³-hybridized carbons (Fsp3) is 0.250. The van der Waals surface area contributed by atoms with Crippen molar-refractivity contribution in [3.05, 3.63) is 54.2 Å². The van der Waals surface area contributed by atoms with Gasteiger partial charge in [-0.05, 0) is 45.0 Å². The Balaban J connectivity index is 2.02. The van der Waals surface area contributed by atoms with Crippen LogP contribution in [0.3, 0.4) is 0 Å². The first kappa shape index (κ1) is 14.1. The number of carbonyl (C=O) groups excluding carboxylic acids is 1. The third kappa shape index (κ3) is 4.09. The number of carbonyl (C=O) groups is 1. The maximum atomic E-state index is 12.0. The number of hydrogen-bond donors (Lipinski definition) is 2. The van der Waals surface area contributed by atoms with Gasteiger partial charge in [-0.2, -0.15) is 0 Å². The van der Waals surface area contributed by atoms with Crippen LogP contribution < -0.4 is 10.6 Å². The molecule has 2 N–H and O–H groups in total. The number of rotatable bonds is 3. The first-order chi connectivity index (χ1) is 9.44. The minimum atomic E-state index is -0.135. The zero-order chi connectivity index (χ0) is 14.6. The molecule has 0 aliphatic carbocycles. The SMILES string of the molecule is CC(C)(C)Nc1ccc(NC(=O)c2ccccc2)cn1. The molecule has 1 aromatic heterocycles. The van der Waals surface area contributed by atoms with E-state index in [1.54, 1.807) is 18.3 Å². The van der Waals surface area contributed by atoms with Crippen LogP contribution in [0.5, 0.6) is 0 Å². The van der Waals surface area contributed by atoms with E-state index in [0.29, 0.717) is 11.3 Å². The molecule has 0 aliphatic rings. The first-order valence-corrected chi connectivity index (χ1v) is 6.55. The lowest BCUT2D eigenvalue weighted by atomic mass is 10.1. The van der Waals surface area contributed by atoms with Crippen molar-refractivity contribution in [2.24, 2.45) is 0 Å². The molecule has 0 spiro atoms. The molecule has 4 nitrogen and oxygen atoms in total. The summed E-state index contributed by atoms with van der Waals surface area (Å²) in [6.45, 7) is 6.21. The Morgan fingerprint density at radius 2 is 1.75 bits per heavy atom. The largest absolute Gasteiger partial charge is 0.365 e. The Hall–Kier alpha value is -2.36. The fourth-order valence-electron chi connectivity index (χ4n) is 1.72. The van der Waals surface area contributed by atoms with E-state index in [-0.39, 0.29) is 11.4 Å². The van der Waals surface area contributed by atoms with Crippen LogP contribution in [-0.2, 0) is 0 Å². The second-order valence-corrected chi connectivity index (χ2v) is 5.63. The van der Waals surface area contributed by atoms with Gasteiger partial charge in [-0.25, -0.2) is 4.98 Å². The Morgan fingerprint density at radius 1 is 1.05 bits per heavy atom. The maximum absolute atomic E-state index is 12.0. The summed E-state index contributed by atoms with van der Waals surface area (Å²) >= 11 is 0. The number of amides is 1. The van der Waals surface area contributed by atoms with E-state index < -0.39 is 0 Å². The topological polar surface area (TPSA) is 54.0 Å². The lowest BCUT2D eigenvalue weighted by Crippen LogP contribution is -2.26. The summed E-state index contributed by atoms with van der Waals surface area (Å²) < 4.78 is 0. The third-order valence-electron chi connectivity index (χ3n) is 2.56. The van der Waals surface area contributed by atoms with E-state index in [1.807, 2.05) is 30.3 Å². The summed E-state index contributed by atoms with van der Waals surface area (Å²) in [7, 11) is 0. The van der Waals surface area contributed by atoms with Crippen LogP contribution >= 0.6 is 0 Å². The van der Waals surface area contributed by atoms with E-state index in [1.165, 1.54) is 0 Å². The second-order valence-electron chi connectivity index (χ2n) is 5.63. The molecule has 0 atom stereocenters. The molecule has 0 saturated carbocycles. The first-order valence-electron chi connectivity index (χ1n) is 6.55. The summed E-state index contributed by atoms with van der Waals surface area (Å²) in [5.74, 6) is 0.652. The zero-order valence-corrected chi connectivity index (χ0v) is 12.0. The van der Waals surface area contributed by atoms with Crippen LogP contribution in [0.2, 0.25) is 0 Å². The predicted octanol–water partition coefficient (Wildman–Crippen LogP) is 3.54. The number of nitrogens with zero attached hydrogens (tertiary/aromatic N) is 1. The molecule has 0 fully saturated rings. The van der Waals surface area contributed by atoms with Gasteiger partial charge >= 0.3 is 0 Å². The van der Waals surface area contributed by atoms with Crippen molar-refractivity contribution in [3.63, 3.8) is 0 Å². The minimum Gasteiger partial charge on any atom is -0.365 e. The number of pyridine rings is 1. The summed E-state index contributed by atoms with van der Waals surface area (Å²) in [6, 6.07) is 12.8. The Labute approximate surface area is 119 Å². The van der Waals surface area contributed by atoms with Crippen LogP contribution in [0.4, 0.5) is 11.5 Å². The Bertz CT molecular complexity index is 571. The summed E-state index contributed by atoms with van der Waals surface area (Å²) in [5, 5.41) is 6.09. The molecular formula is C16H19N3O. The highest BCUT2D eigenvalue weighted by Gasteiger charge is 2.10. The number of hydrogen-bond acceptors (Lipinski definition) is 3. The van der Waals surface area contributed by atoms with Gasteiger partial charge in [0.25, 0.3) is 5.91 Å². The molecule has 1 amide bonds. The lowest BCUT2D eigenvalue weighted by molar-refractivity contribution is 0.102. The van der Waals surface area contributed by atoms with Crippen molar-refractivity contribution in [3.8, 4) is 0 Å². The number of aromatic nitrogens is 1. The highest BCUT2D eigenvalue weighted by molar-refractivity contribution is 6.04. The van der Waals surface area contributed by atoms with Crippen LogP contribution in [0.1, 0.15) is 31.1 Å². The van der Waals surface area contributed by atoms with Crippen molar-refractivity contribution >= 4 is 17.4 Å². The van der Waals surface area contributed by atoms with E-state index in [2.05, 4.69) is 36.4 Å². The molecule has 104 valence electrons. The minimum absolute atomic E-state index is 0.0399. The van der Waals surface area contributed by atoms with Gasteiger partial charge in [-0.1, -0.05) is 18.2 Å². The van der Waals surface area contributed by atoms with E-state index >= 15 is 0 Å². The van der Waals surface area contributed by atoms with Gasteiger partial charge in [0.2, 0.25) is 0 Å². The van der Waals surface area contributed by atoms with Crippen molar-refractivity contribution in [2.45, 2.75) is 26.3 Å². The van der Waals surface area contributed by atoms with Crippen molar-refractivity contribution in [1.29, 1.82) is 0 Å². The molecule has 0 aliphatic heterocycles. The summed E-state index contributed by atoms with van der Waals surface area (Å²) in [4.78, 5) is 16.3. The lowest BCUT2D eigenvalue weighted by Gasteiger charge is -2.21. The van der Waals surface area contributed by atoms with Gasteiger partial charge in [0, 0.05) is 11.1 Å². The third-order valence-corrected chi connectivity index (χ3v) is 2.56. The molecule has 0 unspecified atom stereocenters. The maximum Gasteiger partial charge on any atom is 0.255 e. The van der Waals surface area contributed by atoms with Gasteiger partial charge in [-0.15, -0.1) is 0 Å². The van der Waals surface area contributed by atoms with Gasteiger partial charge in [0.1, 0.15) is 5.82 Å². The molecule has 1 aromatic carbocycles. The van der Waals surface area contributed by atoms with E-state index in [0.717, 1.165) is 5.82 Å². The Morgan fingerprint density at radius 3 is 2.30 bits per heavy atom. The van der Waals surface area contributed by atoms with Crippen LogP contribution in [0.25, 0.3) is 0 Å². The van der Waals surface area contributed by atoms with Gasteiger partial charge in [-0.3, -0.25) is 4.79 Å². The van der Waals surface area contributed by atoms with Crippen molar-refractivity contribution in [1.82, 2.24) is 4.98 Å². The van der Waals surface area contributed by atoms with Crippen LogP contribution in [0, 0.1) is 0 Å². The van der Waals surface area contributed by atoms with Crippen LogP contribution in [0.15, 0.2) is 48.7 Å². The van der Waals surface area contributed by atoms with Crippen molar-refractivity contribution < 1.29 is 4.79 Å². The average molecular weight is 269 g/mol. The number of anilines is 2. The molecule has 20 heavy (non-hydrogen) atoms. The number of nitrogens with one attached hydrogen (secondary N) is 2. The van der Waals surface area contributed by atoms with Gasteiger partial charge in [0.15, 0.2) is 0 Å². The zero-order valence-electron chi connectivity index (χ0n) is 12.0. The summed E-state index contributed by atoms with van der Waals surface area (Å²) in [6.07, 6.45) is 1.65. The monoisotopic (exact) mass is 269 g/mol. The second kappa shape index (κ2) is 5.74. The van der Waals surface area contributed by atoms with Crippen LogP contribution in [-0.4, -0.2) is 16.4 Å². The molecule has 0 bridgehead atoms. The molecule has 2 rings (SSSR count). The molecular weight excluding hydrogens is 250 g/mol. The fourth-order valence-corrected chi connectivity index (χ4v) is 1.72. The predicted molar refractivity (Wildman–Crippen MR) is 82.0 cm³/mol. The molecule has 1 heterocycles. The highest BCUT2D eigenvalue weighted by atomic mass is 16.1. The normalized spacial score (nSPS) is 10.9. The van der Waals surface area contributed by atoms with Gasteiger partial charge in [0.05, 0.1) is 11.9 Å². The highest BCUT2D eigenvalue weighted by Crippen LogP contribution is 2.15. The smallest absolute Gasteiger partial charge is 0.255 e. The van der Waals surface area contributed by atoms with Crippen molar-refractivity contribution in [2.75, 3.05) is 10.6 Å².